The zero-order valence-corrected chi connectivity index (χ0v) is 15.7. The first-order valence-electron chi connectivity index (χ1n) is 8.43. The van der Waals surface area contributed by atoms with Crippen LogP contribution in [0.5, 0.6) is 0 Å². The van der Waals surface area contributed by atoms with Crippen LogP contribution in [0, 0.1) is 0 Å². The monoisotopic (exact) mass is 416 g/mol. The number of anilines is 2. The third-order valence-electron chi connectivity index (χ3n) is 3.80. The van der Waals surface area contributed by atoms with Gasteiger partial charge in [-0.15, -0.1) is 11.3 Å². The Morgan fingerprint density at radius 3 is 2.17 bits per heavy atom. The molecular weight excluding hydrogens is 401 g/mol. The fraction of sp³-hybridized carbons (Fsp3) is 0.0476. The maximum absolute atomic E-state index is 13.4. The van der Waals surface area contributed by atoms with Crippen LogP contribution in [0.2, 0.25) is 0 Å². The van der Waals surface area contributed by atoms with E-state index in [0.29, 0.717) is 16.6 Å². The molecule has 8 heteroatoms. The summed E-state index contributed by atoms with van der Waals surface area (Å²) in [5.74, 6) is -1.24. The van der Waals surface area contributed by atoms with Gasteiger partial charge in [0, 0.05) is 17.5 Å². The highest BCUT2D eigenvalue weighted by atomic mass is 32.1. The Bertz CT molecular complexity index is 1030. The largest absolute Gasteiger partial charge is 0.417 e. The van der Waals surface area contributed by atoms with Crippen molar-refractivity contribution >= 4 is 40.1 Å². The molecule has 0 unspecified atom stereocenters. The molecule has 0 saturated heterocycles. The summed E-state index contributed by atoms with van der Waals surface area (Å²) in [5.41, 5.74) is -0.487. The second kappa shape index (κ2) is 8.74. The van der Waals surface area contributed by atoms with Gasteiger partial charge < -0.3 is 10.6 Å². The molecule has 0 aliphatic carbocycles. The maximum Gasteiger partial charge on any atom is 0.417 e. The van der Waals surface area contributed by atoms with E-state index in [1.807, 2.05) is 0 Å². The second-order valence-corrected chi connectivity index (χ2v) is 6.87. The van der Waals surface area contributed by atoms with Crippen LogP contribution in [0.15, 0.2) is 78.2 Å². The van der Waals surface area contributed by atoms with E-state index in [4.69, 9.17) is 0 Å². The number of thiophene rings is 1. The van der Waals surface area contributed by atoms with Crippen molar-refractivity contribution in [1.82, 2.24) is 0 Å². The van der Waals surface area contributed by atoms with Gasteiger partial charge in [-0.1, -0.05) is 42.5 Å². The average molecular weight is 416 g/mol. The van der Waals surface area contributed by atoms with Crippen molar-refractivity contribution in [3.63, 3.8) is 0 Å². The third kappa shape index (κ3) is 5.55. The average Bonchev–Trinajstić information content (AvgIpc) is 3.21. The minimum absolute atomic E-state index is 0.105. The van der Waals surface area contributed by atoms with Crippen molar-refractivity contribution in [1.29, 1.82) is 0 Å². The molecule has 2 amide bonds. The molecule has 0 bridgehead atoms. The van der Waals surface area contributed by atoms with Crippen LogP contribution in [-0.2, 0) is 4.79 Å². The van der Waals surface area contributed by atoms with E-state index in [0.717, 1.165) is 0 Å². The fourth-order valence-corrected chi connectivity index (χ4v) is 3.15. The Hall–Kier alpha value is -3.39. The summed E-state index contributed by atoms with van der Waals surface area (Å²) in [7, 11) is 0. The van der Waals surface area contributed by atoms with Crippen LogP contribution in [0.3, 0.4) is 0 Å². The number of allylic oxidation sites excluding steroid dienone is 1. The van der Waals surface area contributed by atoms with E-state index in [2.05, 4.69) is 10.6 Å². The van der Waals surface area contributed by atoms with Crippen LogP contribution >= 0.6 is 11.3 Å². The smallest absolute Gasteiger partial charge is 0.322 e. The lowest BCUT2D eigenvalue weighted by Gasteiger charge is -2.12. The van der Waals surface area contributed by atoms with Crippen molar-refractivity contribution in [2.24, 2.45) is 0 Å². The van der Waals surface area contributed by atoms with Crippen LogP contribution < -0.4 is 10.6 Å². The summed E-state index contributed by atoms with van der Waals surface area (Å²) in [5, 5.41) is 6.84. The van der Waals surface area contributed by atoms with Crippen molar-refractivity contribution in [2.75, 3.05) is 10.6 Å². The van der Waals surface area contributed by atoms with Gasteiger partial charge in [-0.3, -0.25) is 9.59 Å². The van der Waals surface area contributed by atoms with E-state index in [1.54, 1.807) is 35.7 Å². The Morgan fingerprint density at radius 2 is 1.55 bits per heavy atom. The van der Waals surface area contributed by atoms with Crippen molar-refractivity contribution in [3.8, 4) is 0 Å². The van der Waals surface area contributed by atoms with Gasteiger partial charge in [-0.05, 0) is 35.2 Å². The predicted molar refractivity (Wildman–Crippen MR) is 108 cm³/mol. The normalized spacial score (nSPS) is 11.8. The molecule has 29 heavy (non-hydrogen) atoms. The van der Waals surface area contributed by atoms with Crippen molar-refractivity contribution in [3.05, 3.63) is 88.6 Å². The molecule has 0 saturated carbocycles. The van der Waals surface area contributed by atoms with Crippen molar-refractivity contribution in [2.45, 2.75) is 6.18 Å². The molecular formula is C21H15F3N2O2S. The molecule has 3 rings (SSSR count). The lowest BCUT2D eigenvalue weighted by atomic mass is 10.1. The van der Waals surface area contributed by atoms with Gasteiger partial charge in [0.05, 0.1) is 10.5 Å². The number of carbonyl (C=O) groups excluding carboxylic acids is 2. The molecule has 2 N–H and O–H groups in total. The summed E-state index contributed by atoms with van der Waals surface area (Å²) < 4.78 is 40.1. The highest BCUT2D eigenvalue weighted by Gasteiger charge is 2.35. The summed E-state index contributed by atoms with van der Waals surface area (Å²) in [6, 6.07) is 16.7. The summed E-state index contributed by atoms with van der Waals surface area (Å²) >= 11 is 1.28. The highest BCUT2D eigenvalue weighted by Crippen LogP contribution is 2.33. The van der Waals surface area contributed by atoms with Gasteiger partial charge in [0.1, 0.15) is 0 Å². The summed E-state index contributed by atoms with van der Waals surface area (Å²) in [6.07, 6.45) is -4.17. The number of alkyl halides is 3. The van der Waals surface area contributed by atoms with E-state index in [9.17, 15) is 22.8 Å². The van der Waals surface area contributed by atoms with Crippen LogP contribution in [-0.4, -0.2) is 18.0 Å². The number of carbonyl (C=O) groups is 2. The van der Waals surface area contributed by atoms with Crippen molar-refractivity contribution < 1.29 is 22.8 Å². The van der Waals surface area contributed by atoms with Gasteiger partial charge in [0.2, 0.25) is 5.91 Å². The molecule has 3 aromatic rings. The van der Waals surface area contributed by atoms with Crippen LogP contribution in [0.4, 0.5) is 24.5 Å². The molecule has 0 atom stereocenters. The predicted octanol–water partition coefficient (Wildman–Crippen LogP) is 5.58. The SMILES string of the molecule is O=C(/C=C(\c1ccccc1)C(F)(F)F)Nc1cccc(NC(=O)c2cccs2)c1. The number of nitrogens with one attached hydrogen (secondary N) is 2. The lowest BCUT2D eigenvalue weighted by Crippen LogP contribution is -2.16. The maximum atomic E-state index is 13.4. The van der Waals surface area contributed by atoms with E-state index in [-0.39, 0.29) is 17.2 Å². The summed E-state index contributed by atoms with van der Waals surface area (Å²) in [6.45, 7) is 0. The Kier molecular flexibility index (Phi) is 6.13. The molecule has 1 aromatic heterocycles. The first-order valence-corrected chi connectivity index (χ1v) is 9.31. The first-order chi connectivity index (χ1) is 13.8. The van der Waals surface area contributed by atoms with E-state index >= 15 is 0 Å². The molecule has 1 heterocycles. The Morgan fingerprint density at radius 1 is 0.862 bits per heavy atom. The molecule has 148 valence electrons. The van der Waals surface area contributed by atoms with E-state index in [1.165, 1.54) is 47.7 Å². The molecule has 2 aromatic carbocycles. The Labute approximate surface area is 168 Å². The number of hydrogen-bond acceptors (Lipinski definition) is 3. The topological polar surface area (TPSA) is 58.2 Å². The first kappa shape index (κ1) is 20.3. The molecule has 0 radical (unpaired) electrons. The number of halogens is 3. The van der Waals surface area contributed by atoms with Gasteiger partial charge in [0.15, 0.2) is 0 Å². The zero-order chi connectivity index (χ0) is 20.9. The van der Waals surface area contributed by atoms with Crippen LogP contribution in [0.25, 0.3) is 5.57 Å². The highest BCUT2D eigenvalue weighted by molar-refractivity contribution is 7.12. The van der Waals surface area contributed by atoms with Gasteiger partial charge >= 0.3 is 6.18 Å². The number of hydrogen-bond donors (Lipinski definition) is 2. The fourth-order valence-electron chi connectivity index (χ4n) is 2.53. The van der Waals surface area contributed by atoms with E-state index < -0.39 is 17.7 Å². The van der Waals surface area contributed by atoms with Gasteiger partial charge in [-0.25, -0.2) is 0 Å². The van der Waals surface area contributed by atoms with Gasteiger partial charge in [-0.2, -0.15) is 13.2 Å². The lowest BCUT2D eigenvalue weighted by molar-refractivity contribution is -0.112. The standard InChI is InChI=1S/C21H15F3N2O2S/c22-21(23,24)17(14-6-2-1-3-7-14)13-19(27)25-15-8-4-9-16(12-15)26-20(28)18-10-5-11-29-18/h1-13H,(H,25,27)(H,26,28)/b17-13+. The number of rotatable bonds is 5. The Balaban J connectivity index is 1.76. The quantitative estimate of drug-likeness (QED) is 0.533. The molecule has 0 fully saturated rings. The third-order valence-corrected chi connectivity index (χ3v) is 4.67. The zero-order valence-electron chi connectivity index (χ0n) is 14.9. The number of amides is 2. The van der Waals surface area contributed by atoms with Crippen LogP contribution in [0.1, 0.15) is 15.2 Å². The molecule has 0 aliphatic rings. The summed E-state index contributed by atoms with van der Waals surface area (Å²) in [4.78, 5) is 24.8. The second-order valence-electron chi connectivity index (χ2n) is 5.92. The van der Waals surface area contributed by atoms with Gasteiger partial charge in [0.25, 0.3) is 5.91 Å². The molecule has 4 nitrogen and oxygen atoms in total. The molecule has 0 aliphatic heterocycles. The minimum Gasteiger partial charge on any atom is -0.322 e. The molecule has 0 spiro atoms. The number of benzene rings is 2. The minimum atomic E-state index is -4.69.